The third-order valence-corrected chi connectivity index (χ3v) is 5.12. The van der Waals surface area contributed by atoms with Crippen molar-refractivity contribution < 1.29 is 4.74 Å². The molecule has 1 aromatic carbocycles. The highest BCUT2D eigenvalue weighted by atomic mass is 16.5. The summed E-state index contributed by atoms with van der Waals surface area (Å²) in [7, 11) is 1.68. The first-order valence-corrected chi connectivity index (χ1v) is 9.30. The van der Waals surface area contributed by atoms with Crippen LogP contribution in [0.1, 0.15) is 26.0 Å². The normalized spacial score (nSPS) is 20.5. The second kappa shape index (κ2) is 6.63. The molecule has 0 aliphatic carbocycles. The first-order chi connectivity index (χ1) is 12.5. The predicted octanol–water partition coefficient (Wildman–Crippen LogP) is 4.20. The van der Waals surface area contributed by atoms with Crippen molar-refractivity contribution in [2.45, 2.75) is 27.2 Å². The summed E-state index contributed by atoms with van der Waals surface area (Å²) < 4.78 is 7.25. The number of piperidine rings is 1. The molecule has 0 bridgehead atoms. The average Bonchev–Trinajstić information content (AvgIpc) is 3.04. The van der Waals surface area contributed by atoms with E-state index < -0.39 is 0 Å². The standard InChI is InChI=1S/C21H26N4O/c1-14-9-15(2)13-24(12-14)21-10-16(3)22-20-11-19(23-25(20)21)17-5-7-18(26-4)8-6-17/h5-8,10-11,14-15H,9,12-13H2,1-4H3/t14-,15-/m0/s1. The van der Waals surface area contributed by atoms with Gasteiger partial charge in [0.25, 0.3) is 0 Å². The van der Waals surface area contributed by atoms with Crippen molar-refractivity contribution in [2.24, 2.45) is 11.8 Å². The van der Waals surface area contributed by atoms with Crippen LogP contribution in [0.3, 0.4) is 0 Å². The van der Waals surface area contributed by atoms with Crippen LogP contribution in [0.25, 0.3) is 16.9 Å². The lowest BCUT2D eigenvalue weighted by Crippen LogP contribution is -2.39. The Bertz CT molecular complexity index is 906. The Kier molecular flexibility index (Phi) is 4.31. The first-order valence-electron chi connectivity index (χ1n) is 9.30. The number of fused-ring (bicyclic) bond motifs is 1. The van der Waals surface area contributed by atoms with Gasteiger partial charge in [0, 0.05) is 36.5 Å². The van der Waals surface area contributed by atoms with Gasteiger partial charge in [0.1, 0.15) is 11.6 Å². The molecule has 5 heteroatoms. The SMILES string of the molecule is COc1ccc(-c2cc3nc(C)cc(N4C[C@@H](C)C[C@H](C)C4)n3n2)cc1. The molecule has 0 radical (unpaired) electrons. The summed E-state index contributed by atoms with van der Waals surface area (Å²) in [5.41, 5.74) is 3.93. The highest BCUT2D eigenvalue weighted by Gasteiger charge is 2.24. The summed E-state index contributed by atoms with van der Waals surface area (Å²) in [5, 5.41) is 4.88. The number of ether oxygens (including phenoxy) is 1. The highest BCUT2D eigenvalue weighted by Crippen LogP contribution is 2.29. The third-order valence-electron chi connectivity index (χ3n) is 5.12. The molecule has 5 nitrogen and oxygen atoms in total. The zero-order valence-corrected chi connectivity index (χ0v) is 15.9. The lowest BCUT2D eigenvalue weighted by Gasteiger charge is -2.36. The monoisotopic (exact) mass is 350 g/mol. The maximum Gasteiger partial charge on any atom is 0.158 e. The van der Waals surface area contributed by atoms with Crippen molar-refractivity contribution in [3.05, 3.63) is 42.1 Å². The van der Waals surface area contributed by atoms with Crippen LogP contribution in [-0.4, -0.2) is 34.8 Å². The number of anilines is 1. The Hall–Kier alpha value is -2.56. The number of hydrogen-bond donors (Lipinski definition) is 0. The minimum atomic E-state index is 0.693. The predicted molar refractivity (Wildman–Crippen MR) is 105 cm³/mol. The zero-order chi connectivity index (χ0) is 18.3. The summed E-state index contributed by atoms with van der Waals surface area (Å²) in [4.78, 5) is 7.16. The first kappa shape index (κ1) is 16.9. The number of benzene rings is 1. The lowest BCUT2D eigenvalue weighted by molar-refractivity contribution is 0.354. The topological polar surface area (TPSA) is 42.7 Å². The molecule has 1 aliphatic heterocycles. The van der Waals surface area contributed by atoms with Crippen molar-refractivity contribution in [1.82, 2.24) is 14.6 Å². The van der Waals surface area contributed by atoms with Crippen LogP contribution in [-0.2, 0) is 0 Å². The molecule has 1 fully saturated rings. The van der Waals surface area contributed by atoms with Gasteiger partial charge in [0.2, 0.25) is 0 Å². The molecule has 0 spiro atoms. The largest absolute Gasteiger partial charge is 0.497 e. The van der Waals surface area contributed by atoms with Gasteiger partial charge in [-0.2, -0.15) is 9.61 Å². The smallest absolute Gasteiger partial charge is 0.158 e. The average molecular weight is 350 g/mol. The van der Waals surface area contributed by atoms with E-state index >= 15 is 0 Å². The quantitative estimate of drug-likeness (QED) is 0.710. The van der Waals surface area contributed by atoms with E-state index in [4.69, 9.17) is 14.8 Å². The molecule has 26 heavy (non-hydrogen) atoms. The van der Waals surface area contributed by atoms with Crippen molar-refractivity contribution in [3.8, 4) is 17.0 Å². The van der Waals surface area contributed by atoms with Crippen LogP contribution in [0.5, 0.6) is 5.75 Å². The van der Waals surface area contributed by atoms with E-state index in [0.29, 0.717) is 11.8 Å². The maximum atomic E-state index is 5.25. The van der Waals surface area contributed by atoms with Gasteiger partial charge in [-0.25, -0.2) is 4.98 Å². The van der Waals surface area contributed by atoms with E-state index in [2.05, 4.69) is 37.8 Å². The van der Waals surface area contributed by atoms with E-state index in [1.54, 1.807) is 7.11 Å². The van der Waals surface area contributed by atoms with Gasteiger partial charge in [-0.15, -0.1) is 0 Å². The van der Waals surface area contributed by atoms with E-state index in [1.165, 1.54) is 6.42 Å². The van der Waals surface area contributed by atoms with Gasteiger partial charge in [0.05, 0.1) is 12.8 Å². The van der Waals surface area contributed by atoms with E-state index in [9.17, 15) is 0 Å². The summed E-state index contributed by atoms with van der Waals surface area (Å²) in [5.74, 6) is 3.38. The van der Waals surface area contributed by atoms with Crippen LogP contribution in [0.15, 0.2) is 36.4 Å². The van der Waals surface area contributed by atoms with Gasteiger partial charge in [-0.05, 0) is 49.4 Å². The highest BCUT2D eigenvalue weighted by molar-refractivity contribution is 5.66. The van der Waals surface area contributed by atoms with Crippen molar-refractivity contribution in [2.75, 3.05) is 25.1 Å². The van der Waals surface area contributed by atoms with E-state index in [1.807, 2.05) is 28.8 Å². The Balaban J connectivity index is 1.77. The molecular formula is C21H26N4O. The molecule has 1 saturated heterocycles. The fraction of sp³-hybridized carbons (Fsp3) is 0.429. The second-order valence-corrected chi connectivity index (χ2v) is 7.63. The molecule has 3 heterocycles. The molecule has 0 saturated carbocycles. The van der Waals surface area contributed by atoms with Gasteiger partial charge in [0.15, 0.2) is 5.65 Å². The molecule has 4 rings (SSSR count). The number of methoxy groups -OCH3 is 1. The minimum absolute atomic E-state index is 0.693. The maximum absolute atomic E-state index is 5.25. The fourth-order valence-electron chi connectivity index (χ4n) is 4.06. The molecule has 3 aromatic rings. The molecule has 0 amide bonds. The van der Waals surface area contributed by atoms with Crippen molar-refractivity contribution in [3.63, 3.8) is 0 Å². The zero-order valence-electron chi connectivity index (χ0n) is 15.9. The van der Waals surface area contributed by atoms with E-state index in [0.717, 1.165) is 47.3 Å². The molecule has 2 aromatic heterocycles. The third kappa shape index (κ3) is 3.14. The lowest BCUT2D eigenvalue weighted by atomic mass is 9.92. The number of nitrogens with zero attached hydrogens (tertiary/aromatic N) is 4. The Morgan fingerprint density at radius 3 is 2.38 bits per heavy atom. The second-order valence-electron chi connectivity index (χ2n) is 7.63. The summed E-state index contributed by atoms with van der Waals surface area (Å²) in [6.45, 7) is 8.86. The number of hydrogen-bond acceptors (Lipinski definition) is 4. The summed E-state index contributed by atoms with van der Waals surface area (Å²) >= 11 is 0. The fourth-order valence-corrected chi connectivity index (χ4v) is 4.06. The van der Waals surface area contributed by atoms with Gasteiger partial charge < -0.3 is 9.64 Å². The summed E-state index contributed by atoms with van der Waals surface area (Å²) in [6, 6.07) is 12.2. The molecular weight excluding hydrogens is 324 g/mol. The molecule has 0 N–H and O–H groups in total. The molecule has 1 aliphatic rings. The molecule has 2 atom stereocenters. The van der Waals surface area contributed by atoms with Crippen LogP contribution in [0, 0.1) is 18.8 Å². The number of rotatable bonds is 3. The van der Waals surface area contributed by atoms with Crippen LogP contribution >= 0.6 is 0 Å². The Morgan fingerprint density at radius 1 is 1.04 bits per heavy atom. The minimum Gasteiger partial charge on any atom is -0.497 e. The van der Waals surface area contributed by atoms with Crippen LogP contribution < -0.4 is 9.64 Å². The van der Waals surface area contributed by atoms with E-state index in [-0.39, 0.29) is 0 Å². The number of aromatic nitrogens is 3. The Labute approximate surface area is 154 Å². The van der Waals surface area contributed by atoms with Crippen LogP contribution in [0.2, 0.25) is 0 Å². The molecule has 0 unspecified atom stereocenters. The van der Waals surface area contributed by atoms with Crippen molar-refractivity contribution >= 4 is 11.5 Å². The molecule has 136 valence electrons. The summed E-state index contributed by atoms with van der Waals surface area (Å²) in [6.07, 6.45) is 1.29. The van der Waals surface area contributed by atoms with Gasteiger partial charge in [-0.3, -0.25) is 0 Å². The Morgan fingerprint density at radius 2 is 1.73 bits per heavy atom. The van der Waals surface area contributed by atoms with Gasteiger partial charge >= 0.3 is 0 Å². The van der Waals surface area contributed by atoms with Crippen LogP contribution in [0.4, 0.5) is 5.82 Å². The van der Waals surface area contributed by atoms with Gasteiger partial charge in [-0.1, -0.05) is 13.8 Å². The van der Waals surface area contributed by atoms with Crippen molar-refractivity contribution in [1.29, 1.82) is 0 Å². The number of aryl methyl sites for hydroxylation is 1.